The van der Waals surface area contributed by atoms with Gasteiger partial charge in [0.25, 0.3) is 0 Å². The van der Waals surface area contributed by atoms with E-state index in [2.05, 4.69) is 21.3 Å². The highest BCUT2D eigenvalue weighted by Crippen LogP contribution is 2.19. The fourth-order valence-corrected chi connectivity index (χ4v) is 6.95. The lowest BCUT2D eigenvalue weighted by Gasteiger charge is -2.36. The Morgan fingerprint density at radius 3 is 1.48 bits per heavy atom. The van der Waals surface area contributed by atoms with Crippen LogP contribution in [-0.4, -0.2) is 119 Å². The molecule has 3 rings (SSSR count). The molecule has 0 spiro atoms. The maximum absolute atomic E-state index is 14.4. The number of likely N-dealkylation sites (N-methyl/N-ethyl adjacent to an activating group) is 3. The van der Waals surface area contributed by atoms with E-state index in [1.54, 1.807) is 53.7 Å². The van der Waals surface area contributed by atoms with Crippen LogP contribution in [-0.2, 0) is 46.4 Å². The van der Waals surface area contributed by atoms with Crippen molar-refractivity contribution in [3.05, 3.63) is 48.3 Å². The van der Waals surface area contributed by atoms with E-state index in [9.17, 15) is 33.6 Å². The maximum Gasteiger partial charge on any atom is 0.245 e. The Kier molecular flexibility index (Phi) is 17.1. The molecule has 1 saturated heterocycles. The summed E-state index contributed by atoms with van der Waals surface area (Å²) in [5, 5.41) is 11.4. The van der Waals surface area contributed by atoms with E-state index in [0.717, 1.165) is 0 Å². The first-order valence-electron chi connectivity index (χ1n) is 20.2. The molecule has 1 fully saturated rings. The molecule has 0 saturated carbocycles. The molecule has 0 aromatic carbocycles. The summed E-state index contributed by atoms with van der Waals surface area (Å²) in [6.07, 6.45) is 6.58. The number of carbonyl (C=O) groups excluding carboxylic acids is 7. The smallest absolute Gasteiger partial charge is 0.245 e. The first kappa shape index (κ1) is 47.2. The van der Waals surface area contributed by atoms with E-state index < -0.39 is 101 Å². The first-order chi connectivity index (χ1) is 27.2. The van der Waals surface area contributed by atoms with Crippen LogP contribution in [0.15, 0.2) is 46.0 Å². The number of furan rings is 2. The molecule has 16 nitrogen and oxygen atoms in total. The van der Waals surface area contributed by atoms with Crippen LogP contribution in [0.4, 0.5) is 0 Å². The molecule has 0 unspecified atom stereocenters. The number of amides is 7. The van der Waals surface area contributed by atoms with Gasteiger partial charge >= 0.3 is 0 Å². The van der Waals surface area contributed by atoms with Gasteiger partial charge in [-0.2, -0.15) is 0 Å². The van der Waals surface area contributed by atoms with Crippen LogP contribution in [0.25, 0.3) is 0 Å². The summed E-state index contributed by atoms with van der Waals surface area (Å²) in [4.78, 5) is 103. The highest BCUT2D eigenvalue weighted by molar-refractivity contribution is 5.98. The van der Waals surface area contributed by atoms with Gasteiger partial charge in [-0.1, -0.05) is 61.8 Å². The fourth-order valence-electron chi connectivity index (χ4n) is 6.95. The van der Waals surface area contributed by atoms with Crippen molar-refractivity contribution in [1.29, 1.82) is 0 Å². The van der Waals surface area contributed by atoms with Gasteiger partial charge in [0.05, 0.1) is 25.1 Å². The molecule has 16 heteroatoms. The number of hydrogen-bond acceptors (Lipinski definition) is 9. The Morgan fingerprint density at radius 1 is 0.586 bits per heavy atom. The average Bonchev–Trinajstić information content (AvgIpc) is 3.90. The van der Waals surface area contributed by atoms with Crippen molar-refractivity contribution in [2.24, 2.45) is 23.7 Å². The quantitative estimate of drug-likeness (QED) is 0.278. The lowest BCUT2D eigenvalue weighted by atomic mass is 9.95. The molecule has 1 aliphatic heterocycles. The lowest BCUT2D eigenvalue weighted by molar-refractivity contribution is -0.149. The molecule has 58 heavy (non-hydrogen) atoms. The van der Waals surface area contributed by atoms with E-state index in [0.29, 0.717) is 17.5 Å². The number of rotatable bonds is 10. The molecule has 3 heterocycles. The molecular weight excluding hydrogens is 747 g/mol. The number of carbonyl (C=O) groups is 7. The maximum atomic E-state index is 14.4. The molecular formula is C42H65N7O9. The van der Waals surface area contributed by atoms with Crippen LogP contribution >= 0.6 is 0 Å². The van der Waals surface area contributed by atoms with Gasteiger partial charge in [-0.15, -0.1) is 0 Å². The van der Waals surface area contributed by atoms with Gasteiger partial charge in [-0.05, 0) is 60.3 Å². The van der Waals surface area contributed by atoms with Crippen molar-refractivity contribution >= 4 is 41.4 Å². The highest BCUT2D eigenvalue weighted by atomic mass is 16.3. The Balaban J connectivity index is 2.21. The summed E-state index contributed by atoms with van der Waals surface area (Å²) < 4.78 is 10.5. The minimum atomic E-state index is -1.15. The Labute approximate surface area is 342 Å². The molecule has 7 amide bonds. The van der Waals surface area contributed by atoms with Crippen LogP contribution in [0.2, 0.25) is 0 Å². The molecule has 0 bridgehead atoms. The van der Waals surface area contributed by atoms with Crippen molar-refractivity contribution in [2.75, 3.05) is 21.1 Å². The van der Waals surface area contributed by atoms with E-state index in [1.165, 1.54) is 60.9 Å². The Bertz CT molecular complexity index is 1710. The third-order valence-electron chi connectivity index (χ3n) is 11.1. The highest BCUT2D eigenvalue weighted by Gasteiger charge is 2.41. The molecule has 2 aromatic heterocycles. The summed E-state index contributed by atoms with van der Waals surface area (Å²) >= 11 is 0. The molecule has 8 atom stereocenters. The minimum Gasteiger partial charge on any atom is -0.472 e. The zero-order valence-electron chi connectivity index (χ0n) is 36.2. The topological polar surface area (TPSA) is 204 Å². The summed E-state index contributed by atoms with van der Waals surface area (Å²) in [6.45, 7) is 16.0. The third-order valence-corrected chi connectivity index (χ3v) is 11.1. The second-order valence-electron chi connectivity index (χ2n) is 16.7. The normalized spacial score (nSPS) is 26.1. The van der Waals surface area contributed by atoms with E-state index in [4.69, 9.17) is 8.83 Å². The Hall–Kier alpha value is -5.15. The fraction of sp³-hybridized carbons (Fsp3) is 0.643. The van der Waals surface area contributed by atoms with Crippen LogP contribution in [0.5, 0.6) is 0 Å². The largest absolute Gasteiger partial charge is 0.472 e. The van der Waals surface area contributed by atoms with Crippen molar-refractivity contribution in [3.63, 3.8) is 0 Å². The lowest BCUT2D eigenvalue weighted by Crippen LogP contribution is -2.62. The van der Waals surface area contributed by atoms with Gasteiger partial charge in [0, 0.05) is 34.0 Å². The van der Waals surface area contributed by atoms with Crippen LogP contribution < -0.4 is 21.3 Å². The molecule has 2 aromatic rings. The van der Waals surface area contributed by atoms with Crippen molar-refractivity contribution in [2.45, 2.75) is 130 Å². The Morgan fingerprint density at radius 2 is 1.03 bits per heavy atom. The number of nitrogens with one attached hydrogen (secondary N) is 4. The van der Waals surface area contributed by atoms with Gasteiger partial charge in [0.15, 0.2) is 0 Å². The number of nitrogens with zero attached hydrogens (tertiary/aromatic N) is 3. The second-order valence-corrected chi connectivity index (χ2v) is 16.7. The summed E-state index contributed by atoms with van der Waals surface area (Å²) in [6, 6.07) is -4.46. The molecule has 4 N–H and O–H groups in total. The first-order valence-corrected chi connectivity index (χ1v) is 20.2. The number of hydrogen-bond donors (Lipinski definition) is 4. The predicted molar refractivity (Wildman–Crippen MR) is 216 cm³/mol. The van der Waals surface area contributed by atoms with E-state index in [-0.39, 0.29) is 25.2 Å². The van der Waals surface area contributed by atoms with E-state index >= 15 is 0 Å². The minimum absolute atomic E-state index is 0.0300. The van der Waals surface area contributed by atoms with Crippen LogP contribution in [0.3, 0.4) is 0 Å². The van der Waals surface area contributed by atoms with Gasteiger partial charge in [-0.3, -0.25) is 33.6 Å². The predicted octanol–water partition coefficient (Wildman–Crippen LogP) is 2.52. The third kappa shape index (κ3) is 11.9. The summed E-state index contributed by atoms with van der Waals surface area (Å²) in [5.41, 5.74) is 1.24. The van der Waals surface area contributed by atoms with Gasteiger partial charge in [0.2, 0.25) is 41.4 Å². The van der Waals surface area contributed by atoms with Crippen molar-refractivity contribution < 1.29 is 42.4 Å². The van der Waals surface area contributed by atoms with E-state index in [1.807, 2.05) is 20.8 Å². The monoisotopic (exact) mass is 811 g/mol. The van der Waals surface area contributed by atoms with Gasteiger partial charge < -0.3 is 44.8 Å². The summed E-state index contributed by atoms with van der Waals surface area (Å²) in [7, 11) is 4.38. The summed E-state index contributed by atoms with van der Waals surface area (Å²) in [5.74, 6) is -5.51. The van der Waals surface area contributed by atoms with Crippen molar-refractivity contribution in [1.82, 2.24) is 36.0 Å². The van der Waals surface area contributed by atoms with Crippen LogP contribution in [0, 0.1) is 23.7 Å². The second kappa shape index (κ2) is 21.0. The average molecular weight is 812 g/mol. The molecule has 0 radical (unpaired) electrons. The van der Waals surface area contributed by atoms with Crippen molar-refractivity contribution in [3.8, 4) is 0 Å². The molecule has 0 aliphatic carbocycles. The van der Waals surface area contributed by atoms with Gasteiger partial charge in [-0.25, -0.2) is 0 Å². The standard InChI is InChI=1S/C42H65N7O9/c1-13-26(8)35-39(53)44-33(24(4)5)38(52)45-34(25(6)7)42(56)49(12)31(19-28-14-16-57-21-28)36(50)43-30(18-23(2)3)41(55)47(10)27(9)40(54)48(11)32(37(51)46-35)20-29-15-17-58-22-29/h14-17,21-27,30-35H,13,18-20H2,1-12H3,(H,43,50)(H,44,53)(H,45,52)(H,46,51)/t26-,27-,30-,31+,32+,33+,34-,35+/m0/s1. The van der Waals surface area contributed by atoms with Gasteiger partial charge in [0.1, 0.15) is 42.3 Å². The SMILES string of the molecule is CC[C@H](C)[C@H]1NC(=O)[C@@H](Cc2ccoc2)N(C)C(=O)[C@H](C)N(C)C(=O)[C@H](CC(C)C)NC(=O)[C@@H](Cc2ccoc2)N(C)C(=O)[C@H](C(C)C)NC(=O)[C@@H](C(C)C)NC1=O. The molecule has 322 valence electrons. The zero-order chi connectivity index (χ0) is 43.6. The molecule has 1 aliphatic rings. The zero-order valence-corrected chi connectivity index (χ0v) is 36.2. The van der Waals surface area contributed by atoms with Crippen LogP contribution in [0.1, 0.15) is 86.3 Å².